The zero-order valence-electron chi connectivity index (χ0n) is 16.2. The van der Waals surface area contributed by atoms with Crippen LogP contribution in [0.25, 0.3) is 10.9 Å². The molecule has 2 heterocycles. The molecule has 26 heavy (non-hydrogen) atoms. The number of likely N-dealkylation sites (N-methyl/N-ethyl adjacent to an activating group) is 1. The molecule has 1 amide bonds. The Morgan fingerprint density at radius 3 is 2.38 bits per heavy atom. The number of nitrogens with zero attached hydrogens (tertiary/aromatic N) is 4. The van der Waals surface area contributed by atoms with E-state index in [-0.39, 0.29) is 5.91 Å². The van der Waals surface area contributed by atoms with Crippen molar-refractivity contribution in [2.45, 2.75) is 26.7 Å². The molecule has 0 bridgehead atoms. The van der Waals surface area contributed by atoms with Gasteiger partial charge in [-0.1, -0.05) is 32.0 Å². The Bertz CT molecular complexity index is 747. The number of benzene rings is 1. The molecule has 0 atom stereocenters. The van der Waals surface area contributed by atoms with Crippen molar-refractivity contribution in [1.82, 2.24) is 14.8 Å². The highest BCUT2D eigenvalue weighted by molar-refractivity contribution is 6.07. The molecule has 5 nitrogen and oxygen atoms in total. The second-order valence-corrected chi connectivity index (χ2v) is 7.13. The van der Waals surface area contributed by atoms with Crippen LogP contribution in [0.5, 0.6) is 0 Å². The first-order chi connectivity index (χ1) is 12.6. The number of piperazine rings is 1. The van der Waals surface area contributed by atoms with Crippen LogP contribution in [0.3, 0.4) is 0 Å². The van der Waals surface area contributed by atoms with E-state index in [0.717, 1.165) is 74.4 Å². The number of rotatable bonds is 6. The molecule has 3 rings (SSSR count). The summed E-state index contributed by atoms with van der Waals surface area (Å²) < 4.78 is 0. The topological polar surface area (TPSA) is 39.7 Å². The fraction of sp³-hybridized carbons (Fsp3) is 0.524. The van der Waals surface area contributed by atoms with E-state index in [1.165, 1.54) is 0 Å². The number of hydrogen-bond acceptors (Lipinski definition) is 4. The average molecular weight is 354 g/mol. The Kier molecular flexibility index (Phi) is 6.09. The largest absolute Gasteiger partial charge is 0.354 e. The SMILES string of the molecule is CCCN(CCC)C(=O)c1cc(N2CCN(C)CC2)nc2ccccc12. The van der Waals surface area contributed by atoms with E-state index in [2.05, 4.69) is 30.7 Å². The normalized spacial score (nSPS) is 15.4. The van der Waals surface area contributed by atoms with Crippen molar-refractivity contribution in [3.63, 3.8) is 0 Å². The first kappa shape index (κ1) is 18.6. The molecule has 0 unspecified atom stereocenters. The molecule has 5 heteroatoms. The first-order valence-electron chi connectivity index (χ1n) is 9.76. The number of pyridine rings is 1. The zero-order valence-corrected chi connectivity index (χ0v) is 16.2. The van der Waals surface area contributed by atoms with E-state index in [9.17, 15) is 4.79 Å². The lowest BCUT2D eigenvalue weighted by atomic mass is 10.1. The Balaban J connectivity index is 2.01. The van der Waals surface area contributed by atoms with Crippen molar-refractivity contribution in [2.24, 2.45) is 0 Å². The fourth-order valence-corrected chi connectivity index (χ4v) is 3.56. The van der Waals surface area contributed by atoms with E-state index < -0.39 is 0 Å². The van der Waals surface area contributed by atoms with Gasteiger partial charge in [0.15, 0.2) is 0 Å². The number of anilines is 1. The molecule has 0 N–H and O–H groups in total. The quantitative estimate of drug-likeness (QED) is 0.798. The van der Waals surface area contributed by atoms with Crippen molar-refractivity contribution in [3.05, 3.63) is 35.9 Å². The molecule has 140 valence electrons. The molecule has 1 aliphatic rings. The van der Waals surface area contributed by atoms with Crippen LogP contribution in [0.2, 0.25) is 0 Å². The van der Waals surface area contributed by atoms with E-state index in [0.29, 0.717) is 0 Å². The van der Waals surface area contributed by atoms with Gasteiger partial charge in [0.1, 0.15) is 5.82 Å². The molecule has 1 aromatic carbocycles. The highest BCUT2D eigenvalue weighted by Crippen LogP contribution is 2.25. The summed E-state index contributed by atoms with van der Waals surface area (Å²) in [6.07, 6.45) is 1.94. The third-order valence-electron chi connectivity index (χ3n) is 5.03. The molecular weight excluding hydrogens is 324 g/mol. The number of fused-ring (bicyclic) bond motifs is 1. The fourth-order valence-electron chi connectivity index (χ4n) is 3.56. The van der Waals surface area contributed by atoms with Crippen LogP contribution in [0.4, 0.5) is 5.82 Å². The number of aromatic nitrogens is 1. The molecular formula is C21H30N4O. The molecule has 0 spiro atoms. The smallest absolute Gasteiger partial charge is 0.254 e. The third-order valence-corrected chi connectivity index (χ3v) is 5.03. The Morgan fingerprint density at radius 1 is 1.08 bits per heavy atom. The van der Waals surface area contributed by atoms with Gasteiger partial charge >= 0.3 is 0 Å². The van der Waals surface area contributed by atoms with Gasteiger partial charge in [0, 0.05) is 44.7 Å². The molecule has 0 aliphatic carbocycles. The first-order valence-corrected chi connectivity index (χ1v) is 9.76. The minimum absolute atomic E-state index is 0.127. The summed E-state index contributed by atoms with van der Waals surface area (Å²) in [5, 5.41) is 0.951. The number of carbonyl (C=O) groups excluding carboxylic acids is 1. The molecule has 1 aliphatic heterocycles. The predicted molar refractivity (Wildman–Crippen MR) is 108 cm³/mol. The average Bonchev–Trinajstić information content (AvgIpc) is 2.67. The minimum atomic E-state index is 0.127. The van der Waals surface area contributed by atoms with Crippen molar-refractivity contribution in [1.29, 1.82) is 0 Å². The Morgan fingerprint density at radius 2 is 1.73 bits per heavy atom. The van der Waals surface area contributed by atoms with Crippen LogP contribution in [0.1, 0.15) is 37.0 Å². The number of hydrogen-bond donors (Lipinski definition) is 0. The van der Waals surface area contributed by atoms with Gasteiger partial charge < -0.3 is 14.7 Å². The van der Waals surface area contributed by atoms with Crippen LogP contribution >= 0.6 is 0 Å². The van der Waals surface area contributed by atoms with Gasteiger partial charge in [-0.3, -0.25) is 4.79 Å². The van der Waals surface area contributed by atoms with Crippen LogP contribution in [-0.2, 0) is 0 Å². The second kappa shape index (κ2) is 8.49. The standard InChI is InChI=1S/C21H30N4O/c1-4-10-25(11-5-2)21(26)18-16-20(24-14-12-23(3)13-15-24)22-19-9-7-6-8-17(18)19/h6-9,16H,4-5,10-15H2,1-3H3. The summed E-state index contributed by atoms with van der Waals surface area (Å²) in [6.45, 7) is 9.78. The molecule has 1 saturated heterocycles. The van der Waals surface area contributed by atoms with Gasteiger partial charge in [0.05, 0.1) is 11.1 Å². The summed E-state index contributed by atoms with van der Waals surface area (Å²) in [5.74, 6) is 1.05. The van der Waals surface area contributed by atoms with E-state index in [4.69, 9.17) is 4.98 Å². The van der Waals surface area contributed by atoms with Gasteiger partial charge in [-0.05, 0) is 32.0 Å². The maximum absolute atomic E-state index is 13.3. The van der Waals surface area contributed by atoms with E-state index in [1.54, 1.807) is 0 Å². The van der Waals surface area contributed by atoms with Gasteiger partial charge in [-0.2, -0.15) is 0 Å². The summed E-state index contributed by atoms with van der Waals surface area (Å²) in [6, 6.07) is 10.0. The predicted octanol–water partition coefficient (Wildman–Crippen LogP) is 3.25. The lowest BCUT2D eigenvalue weighted by Gasteiger charge is -2.33. The van der Waals surface area contributed by atoms with Gasteiger partial charge in [-0.25, -0.2) is 4.98 Å². The Labute approximate surface area is 156 Å². The molecule has 2 aromatic rings. The van der Waals surface area contributed by atoms with E-state index >= 15 is 0 Å². The van der Waals surface area contributed by atoms with Crippen LogP contribution in [0, 0.1) is 0 Å². The second-order valence-electron chi connectivity index (χ2n) is 7.13. The minimum Gasteiger partial charge on any atom is -0.354 e. The van der Waals surface area contributed by atoms with Crippen molar-refractivity contribution >= 4 is 22.6 Å². The molecule has 0 radical (unpaired) electrons. The highest BCUT2D eigenvalue weighted by Gasteiger charge is 2.21. The maximum Gasteiger partial charge on any atom is 0.254 e. The van der Waals surface area contributed by atoms with Crippen LogP contribution in [-0.4, -0.2) is 67.0 Å². The van der Waals surface area contributed by atoms with Crippen molar-refractivity contribution < 1.29 is 4.79 Å². The third kappa shape index (κ3) is 3.98. The molecule has 0 saturated carbocycles. The zero-order chi connectivity index (χ0) is 18.5. The molecule has 1 fully saturated rings. The van der Waals surface area contributed by atoms with Gasteiger partial charge in [0.25, 0.3) is 5.91 Å². The van der Waals surface area contributed by atoms with Gasteiger partial charge in [0.2, 0.25) is 0 Å². The van der Waals surface area contributed by atoms with Gasteiger partial charge in [-0.15, -0.1) is 0 Å². The van der Waals surface area contributed by atoms with Crippen molar-refractivity contribution in [2.75, 3.05) is 51.2 Å². The summed E-state index contributed by atoms with van der Waals surface area (Å²) in [5.41, 5.74) is 1.69. The van der Waals surface area contributed by atoms with Crippen molar-refractivity contribution in [3.8, 4) is 0 Å². The maximum atomic E-state index is 13.3. The van der Waals surface area contributed by atoms with E-state index in [1.807, 2.05) is 35.2 Å². The summed E-state index contributed by atoms with van der Waals surface area (Å²) in [7, 11) is 2.15. The lowest BCUT2D eigenvalue weighted by Crippen LogP contribution is -2.45. The van der Waals surface area contributed by atoms with Crippen LogP contribution < -0.4 is 4.90 Å². The number of para-hydroxylation sites is 1. The summed E-state index contributed by atoms with van der Waals surface area (Å²) in [4.78, 5) is 24.8. The lowest BCUT2D eigenvalue weighted by molar-refractivity contribution is 0.0757. The summed E-state index contributed by atoms with van der Waals surface area (Å²) >= 11 is 0. The molecule has 1 aromatic heterocycles. The Hall–Kier alpha value is -2.14. The number of amides is 1. The van der Waals surface area contributed by atoms with Crippen LogP contribution in [0.15, 0.2) is 30.3 Å². The monoisotopic (exact) mass is 354 g/mol. The number of carbonyl (C=O) groups is 1. The highest BCUT2D eigenvalue weighted by atomic mass is 16.2.